The van der Waals surface area contributed by atoms with E-state index in [0.29, 0.717) is 12.1 Å². The topological polar surface area (TPSA) is 84.2 Å². The van der Waals surface area contributed by atoms with E-state index in [-0.39, 0.29) is 0 Å². The van der Waals surface area contributed by atoms with Crippen LogP contribution >= 0.6 is 0 Å². The molecule has 0 fully saturated rings. The van der Waals surface area contributed by atoms with Gasteiger partial charge in [0.05, 0.1) is 0 Å². The van der Waals surface area contributed by atoms with Crippen LogP contribution in [0.2, 0.25) is 0 Å². The summed E-state index contributed by atoms with van der Waals surface area (Å²) in [6.07, 6.45) is 0.668. The summed E-state index contributed by atoms with van der Waals surface area (Å²) in [7, 11) is 0. The summed E-state index contributed by atoms with van der Waals surface area (Å²) in [6, 6.07) is 17.2. The van der Waals surface area contributed by atoms with E-state index >= 15 is 0 Å². The molecule has 0 aliphatic rings. The highest BCUT2D eigenvalue weighted by Crippen LogP contribution is 2.18. The van der Waals surface area contributed by atoms with Crippen molar-refractivity contribution in [1.29, 1.82) is 0 Å². The highest BCUT2D eigenvalue weighted by atomic mass is 16.2. The van der Waals surface area contributed by atoms with Gasteiger partial charge in [-0.25, -0.2) is 5.84 Å². The fraction of sp³-hybridized carbons (Fsp3) is 0.0667. The van der Waals surface area contributed by atoms with Crippen molar-refractivity contribution >= 4 is 17.5 Å². The van der Waals surface area contributed by atoms with Crippen LogP contribution < -0.4 is 16.6 Å². The van der Waals surface area contributed by atoms with Crippen molar-refractivity contribution in [3.63, 3.8) is 0 Å². The second kappa shape index (κ2) is 6.49. The van der Waals surface area contributed by atoms with Gasteiger partial charge in [0, 0.05) is 5.69 Å². The molecule has 0 aromatic heterocycles. The number of anilines is 1. The highest BCUT2D eigenvalue weighted by molar-refractivity contribution is 6.39. The Balaban J connectivity index is 2.18. The molecule has 2 rings (SSSR count). The largest absolute Gasteiger partial charge is 0.323 e. The summed E-state index contributed by atoms with van der Waals surface area (Å²) in [6.45, 7) is 0. The van der Waals surface area contributed by atoms with Gasteiger partial charge in [0.1, 0.15) is 0 Å². The van der Waals surface area contributed by atoms with Crippen LogP contribution in [0.25, 0.3) is 0 Å². The van der Waals surface area contributed by atoms with Crippen LogP contribution in [-0.4, -0.2) is 11.8 Å². The molecule has 0 bridgehead atoms. The van der Waals surface area contributed by atoms with Crippen molar-refractivity contribution in [2.75, 3.05) is 5.32 Å². The number of hydrazine groups is 1. The Hall–Kier alpha value is -2.66. The molecule has 0 spiro atoms. The number of carbonyl (C=O) groups is 2. The van der Waals surface area contributed by atoms with E-state index in [9.17, 15) is 9.59 Å². The first-order valence-electron chi connectivity index (χ1n) is 6.14. The summed E-state index contributed by atoms with van der Waals surface area (Å²) in [5.74, 6) is 3.27. The Morgan fingerprint density at radius 1 is 0.900 bits per heavy atom. The number of nitrogens with two attached hydrogens (primary N) is 1. The molecule has 5 nitrogen and oxygen atoms in total. The normalized spacial score (nSPS) is 9.85. The van der Waals surface area contributed by atoms with Crippen molar-refractivity contribution in [1.82, 2.24) is 5.43 Å². The molecule has 102 valence electrons. The van der Waals surface area contributed by atoms with E-state index in [1.807, 2.05) is 42.5 Å². The first kappa shape index (κ1) is 13.8. The zero-order chi connectivity index (χ0) is 14.4. The minimum Gasteiger partial charge on any atom is -0.317 e. The maximum Gasteiger partial charge on any atom is 0.323 e. The molecule has 2 aromatic rings. The summed E-state index contributed by atoms with van der Waals surface area (Å²) in [4.78, 5) is 22.7. The van der Waals surface area contributed by atoms with Crippen molar-refractivity contribution in [3.05, 3.63) is 65.7 Å². The molecule has 0 saturated carbocycles. The Kier molecular flexibility index (Phi) is 4.47. The van der Waals surface area contributed by atoms with E-state index in [1.165, 1.54) is 0 Å². The van der Waals surface area contributed by atoms with Crippen molar-refractivity contribution in [3.8, 4) is 0 Å². The van der Waals surface area contributed by atoms with Gasteiger partial charge < -0.3 is 5.32 Å². The number of hydrogen-bond donors (Lipinski definition) is 3. The molecule has 5 heteroatoms. The molecule has 2 aromatic carbocycles. The Morgan fingerprint density at radius 3 is 2.25 bits per heavy atom. The minimum absolute atomic E-state index is 0.602. The van der Waals surface area contributed by atoms with Crippen LogP contribution in [0, 0.1) is 0 Å². The Morgan fingerprint density at radius 2 is 1.55 bits per heavy atom. The quantitative estimate of drug-likeness (QED) is 0.339. The molecule has 20 heavy (non-hydrogen) atoms. The molecule has 0 heterocycles. The average Bonchev–Trinajstić information content (AvgIpc) is 2.49. The zero-order valence-electron chi connectivity index (χ0n) is 10.8. The summed E-state index contributed by atoms with van der Waals surface area (Å²) in [5, 5.41) is 2.55. The second-order valence-electron chi connectivity index (χ2n) is 4.25. The van der Waals surface area contributed by atoms with Gasteiger partial charge in [-0.05, 0) is 23.6 Å². The molecular weight excluding hydrogens is 254 g/mol. The second-order valence-corrected chi connectivity index (χ2v) is 4.25. The number of amides is 2. The lowest BCUT2D eigenvalue weighted by Gasteiger charge is -2.10. The molecule has 0 unspecified atom stereocenters. The maximum atomic E-state index is 11.5. The van der Waals surface area contributed by atoms with Gasteiger partial charge in [-0.15, -0.1) is 0 Å². The molecule has 0 saturated heterocycles. The van der Waals surface area contributed by atoms with Crippen LogP contribution in [0.4, 0.5) is 5.69 Å². The number of hydrogen-bond acceptors (Lipinski definition) is 3. The standard InChI is InChI=1S/C15H15N3O2/c16-18-15(20)14(19)17-13-9-5-4-8-12(13)10-11-6-2-1-3-7-11/h1-9H,10,16H2,(H,17,19)(H,18,20). The van der Waals surface area contributed by atoms with Gasteiger partial charge in [-0.3, -0.25) is 15.0 Å². The third-order valence-electron chi connectivity index (χ3n) is 2.84. The lowest BCUT2D eigenvalue weighted by molar-refractivity contribution is -0.136. The van der Waals surface area contributed by atoms with Gasteiger partial charge in [-0.1, -0.05) is 48.5 Å². The maximum absolute atomic E-state index is 11.5. The molecule has 0 atom stereocenters. The van der Waals surface area contributed by atoms with Gasteiger partial charge in [0.15, 0.2) is 0 Å². The van der Waals surface area contributed by atoms with Crippen LogP contribution in [0.3, 0.4) is 0 Å². The first-order valence-corrected chi connectivity index (χ1v) is 6.14. The van der Waals surface area contributed by atoms with Gasteiger partial charge in [0.2, 0.25) is 0 Å². The van der Waals surface area contributed by atoms with E-state index in [2.05, 4.69) is 5.32 Å². The van der Waals surface area contributed by atoms with E-state index < -0.39 is 11.8 Å². The Labute approximate surface area is 116 Å². The van der Waals surface area contributed by atoms with Crippen LogP contribution in [0.15, 0.2) is 54.6 Å². The third kappa shape index (κ3) is 3.43. The molecule has 0 aliphatic carbocycles. The van der Waals surface area contributed by atoms with Crippen LogP contribution in [0.1, 0.15) is 11.1 Å². The number of rotatable bonds is 3. The number of benzene rings is 2. The van der Waals surface area contributed by atoms with Crippen LogP contribution in [-0.2, 0) is 16.0 Å². The summed E-state index contributed by atoms with van der Waals surface area (Å²) in [5.41, 5.74) is 4.46. The van der Waals surface area contributed by atoms with Crippen molar-refractivity contribution < 1.29 is 9.59 Å². The van der Waals surface area contributed by atoms with Crippen molar-refractivity contribution in [2.24, 2.45) is 5.84 Å². The Bertz CT molecular complexity index is 612. The fourth-order valence-electron chi connectivity index (χ4n) is 1.86. The predicted molar refractivity (Wildman–Crippen MR) is 76.6 cm³/mol. The van der Waals surface area contributed by atoms with Gasteiger partial charge in [0.25, 0.3) is 0 Å². The molecule has 0 aliphatic heterocycles. The summed E-state index contributed by atoms with van der Waals surface area (Å²) >= 11 is 0. The SMILES string of the molecule is NNC(=O)C(=O)Nc1ccccc1Cc1ccccc1. The van der Waals surface area contributed by atoms with E-state index in [0.717, 1.165) is 11.1 Å². The monoisotopic (exact) mass is 269 g/mol. The number of carbonyl (C=O) groups excluding carboxylic acids is 2. The lowest BCUT2D eigenvalue weighted by Crippen LogP contribution is -2.39. The number of nitrogens with one attached hydrogen (secondary N) is 2. The summed E-state index contributed by atoms with van der Waals surface area (Å²) < 4.78 is 0. The van der Waals surface area contributed by atoms with Gasteiger partial charge >= 0.3 is 11.8 Å². The van der Waals surface area contributed by atoms with Gasteiger partial charge in [-0.2, -0.15) is 0 Å². The van der Waals surface area contributed by atoms with Crippen LogP contribution in [0.5, 0.6) is 0 Å². The zero-order valence-corrected chi connectivity index (χ0v) is 10.8. The molecular formula is C15H15N3O2. The lowest BCUT2D eigenvalue weighted by atomic mass is 10.0. The van der Waals surface area contributed by atoms with E-state index in [1.54, 1.807) is 17.6 Å². The minimum atomic E-state index is -0.875. The first-order chi connectivity index (χ1) is 9.70. The highest BCUT2D eigenvalue weighted by Gasteiger charge is 2.13. The smallest absolute Gasteiger partial charge is 0.317 e. The van der Waals surface area contributed by atoms with Crippen molar-refractivity contribution in [2.45, 2.75) is 6.42 Å². The van der Waals surface area contributed by atoms with E-state index in [4.69, 9.17) is 5.84 Å². The third-order valence-corrected chi connectivity index (χ3v) is 2.84. The average molecular weight is 269 g/mol. The molecule has 4 N–H and O–H groups in total. The predicted octanol–water partition coefficient (Wildman–Crippen LogP) is 1.21. The number of para-hydroxylation sites is 1. The molecule has 2 amide bonds. The fourth-order valence-corrected chi connectivity index (χ4v) is 1.86. The molecule has 0 radical (unpaired) electrons.